The van der Waals surface area contributed by atoms with Gasteiger partial charge >= 0.3 is 0 Å². The quantitative estimate of drug-likeness (QED) is 0.654. The van der Waals surface area contributed by atoms with E-state index in [-0.39, 0.29) is 19.2 Å². The summed E-state index contributed by atoms with van der Waals surface area (Å²) in [6, 6.07) is 22.5. The Hall–Kier alpha value is -3.51. The van der Waals surface area contributed by atoms with E-state index in [0.717, 1.165) is 17.1 Å². The number of hydrogen-bond donors (Lipinski definition) is 2. The molecule has 1 heterocycles. The van der Waals surface area contributed by atoms with Crippen LogP contribution in [0.25, 0.3) is 0 Å². The van der Waals surface area contributed by atoms with Crippen LogP contribution in [0.5, 0.6) is 23.0 Å². The lowest BCUT2D eigenvalue weighted by Gasteiger charge is -2.12. The minimum Gasteiger partial charge on any atom is -0.455 e. The minimum absolute atomic E-state index is 0.148. The van der Waals surface area contributed by atoms with Crippen molar-refractivity contribution in [3.8, 4) is 23.0 Å². The Bertz CT molecular complexity index is 960. The highest BCUT2D eigenvalue weighted by atomic mass is 16.7. The SMILES string of the molecule is O=C(CNCc1ccc2c(c1)OCO2)Nc1ccccc1Oc1ccccc1. The fraction of sp³-hybridized carbons (Fsp3) is 0.136. The fourth-order valence-electron chi connectivity index (χ4n) is 2.84. The minimum atomic E-state index is -0.148. The molecule has 28 heavy (non-hydrogen) atoms. The number of fused-ring (bicyclic) bond motifs is 1. The molecule has 0 fully saturated rings. The van der Waals surface area contributed by atoms with Crippen LogP contribution in [0.4, 0.5) is 5.69 Å². The Balaban J connectivity index is 1.31. The van der Waals surface area contributed by atoms with Gasteiger partial charge in [-0.3, -0.25) is 4.79 Å². The standard InChI is InChI=1S/C22H20N2O4/c25-22(14-23-13-16-10-11-20-21(12-16)27-15-26-20)24-18-8-4-5-9-19(18)28-17-6-2-1-3-7-17/h1-12,23H,13-15H2,(H,24,25). The summed E-state index contributed by atoms with van der Waals surface area (Å²) in [5.41, 5.74) is 1.64. The van der Waals surface area contributed by atoms with Crippen molar-refractivity contribution >= 4 is 11.6 Å². The van der Waals surface area contributed by atoms with Crippen molar-refractivity contribution in [3.05, 3.63) is 78.4 Å². The molecule has 0 aromatic heterocycles. The number of nitrogens with one attached hydrogen (secondary N) is 2. The van der Waals surface area contributed by atoms with Crippen molar-refractivity contribution in [2.45, 2.75) is 6.54 Å². The van der Waals surface area contributed by atoms with Crippen LogP contribution in [0.15, 0.2) is 72.8 Å². The van der Waals surface area contributed by atoms with Gasteiger partial charge in [0, 0.05) is 6.54 Å². The van der Waals surface area contributed by atoms with Gasteiger partial charge < -0.3 is 24.8 Å². The Morgan fingerprint density at radius 1 is 0.929 bits per heavy atom. The van der Waals surface area contributed by atoms with Crippen molar-refractivity contribution in [1.29, 1.82) is 0 Å². The molecule has 4 rings (SSSR count). The molecule has 0 atom stereocenters. The molecule has 0 spiro atoms. The third kappa shape index (κ3) is 4.42. The summed E-state index contributed by atoms with van der Waals surface area (Å²) in [5.74, 6) is 2.64. The third-order valence-electron chi connectivity index (χ3n) is 4.18. The van der Waals surface area contributed by atoms with Gasteiger partial charge in [0.1, 0.15) is 5.75 Å². The predicted octanol–water partition coefficient (Wildman–Crippen LogP) is 3.94. The maximum absolute atomic E-state index is 12.3. The lowest BCUT2D eigenvalue weighted by molar-refractivity contribution is -0.115. The number of para-hydroxylation sites is 3. The van der Waals surface area contributed by atoms with Crippen molar-refractivity contribution < 1.29 is 19.0 Å². The molecular weight excluding hydrogens is 356 g/mol. The molecule has 0 saturated heterocycles. The summed E-state index contributed by atoms with van der Waals surface area (Å²) in [4.78, 5) is 12.3. The summed E-state index contributed by atoms with van der Waals surface area (Å²) < 4.78 is 16.5. The van der Waals surface area contributed by atoms with Gasteiger partial charge in [0.25, 0.3) is 0 Å². The molecule has 142 valence electrons. The third-order valence-corrected chi connectivity index (χ3v) is 4.18. The predicted molar refractivity (Wildman–Crippen MR) is 106 cm³/mol. The van der Waals surface area contributed by atoms with Gasteiger partial charge in [0.2, 0.25) is 12.7 Å². The zero-order valence-electron chi connectivity index (χ0n) is 15.2. The lowest BCUT2D eigenvalue weighted by Crippen LogP contribution is -2.27. The van der Waals surface area contributed by atoms with Gasteiger partial charge in [0.05, 0.1) is 12.2 Å². The Kier molecular flexibility index (Phi) is 5.40. The summed E-state index contributed by atoms with van der Waals surface area (Å²) in [5, 5.41) is 6.02. The topological polar surface area (TPSA) is 68.8 Å². The normalized spacial score (nSPS) is 11.9. The average Bonchev–Trinajstić information content (AvgIpc) is 3.18. The Labute approximate surface area is 163 Å². The van der Waals surface area contributed by atoms with Crippen molar-refractivity contribution in [2.24, 2.45) is 0 Å². The van der Waals surface area contributed by atoms with E-state index < -0.39 is 0 Å². The van der Waals surface area contributed by atoms with Crippen LogP contribution in [-0.2, 0) is 11.3 Å². The average molecular weight is 376 g/mol. The maximum Gasteiger partial charge on any atom is 0.238 e. The van der Waals surface area contributed by atoms with E-state index in [1.54, 1.807) is 0 Å². The molecule has 0 unspecified atom stereocenters. The van der Waals surface area contributed by atoms with Crippen molar-refractivity contribution in [3.63, 3.8) is 0 Å². The van der Waals surface area contributed by atoms with E-state index in [0.29, 0.717) is 23.7 Å². The van der Waals surface area contributed by atoms with Crippen molar-refractivity contribution in [1.82, 2.24) is 5.32 Å². The first-order chi connectivity index (χ1) is 13.8. The summed E-state index contributed by atoms with van der Waals surface area (Å²) in [7, 11) is 0. The largest absolute Gasteiger partial charge is 0.455 e. The molecule has 0 radical (unpaired) electrons. The van der Waals surface area contributed by atoms with E-state index in [9.17, 15) is 4.79 Å². The second-order valence-corrected chi connectivity index (χ2v) is 6.25. The summed E-state index contributed by atoms with van der Waals surface area (Å²) >= 11 is 0. The second kappa shape index (κ2) is 8.45. The molecule has 1 aliphatic heterocycles. The number of amides is 1. The second-order valence-electron chi connectivity index (χ2n) is 6.25. The molecule has 0 saturated carbocycles. The number of anilines is 1. The Morgan fingerprint density at radius 2 is 1.71 bits per heavy atom. The van der Waals surface area contributed by atoms with E-state index in [1.165, 1.54) is 0 Å². The van der Waals surface area contributed by atoms with Crippen LogP contribution >= 0.6 is 0 Å². The number of benzene rings is 3. The lowest BCUT2D eigenvalue weighted by atomic mass is 10.2. The molecule has 1 aliphatic rings. The first kappa shape index (κ1) is 17.9. The number of rotatable bonds is 7. The highest BCUT2D eigenvalue weighted by Gasteiger charge is 2.13. The number of hydrogen-bond acceptors (Lipinski definition) is 5. The van der Waals surface area contributed by atoms with Crippen LogP contribution in [0.2, 0.25) is 0 Å². The number of ether oxygens (including phenoxy) is 3. The van der Waals surface area contributed by atoms with Crippen LogP contribution in [0.1, 0.15) is 5.56 Å². The molecule has 1 amide bonds. The van der Waals surface area contributed by atoms with Crippen LogP contribution in [0.3, 0.4) is 0 Å². The zero-order chi connectivity index (χ0) is 19.2. The molecule has 0 bridgehead atoms. The summed E-state index contributed by atoms with van der Waals surface area (Å²) in [6.07, 6.45) is 0. The molecular formula is C22H20N2O4. The van der Waals surface area contributed by atoms with E-state index in [1.807, 2.05) is 72.8 Å². The van der Waals surface area contributed by atoms with Crippen LogP contribution < -0.4 is 24.8 Å². The first-order valence-electron chi connectivity index (χ1n) is 8.99. The number of carbonyl (C=O) groups excluding carboxylic acids is 1. The van der Waals surface area contributed by atoms with Gasteiger partial charge in [-0.1, -0.05) is 36.4 Å². The zero-order valence-corrected chi connectivity index (χ0v) is 15.2. The molecule has 3 aromatic carbocycles. The first-order valence-corrected chi connectivity index (χ1v) is 8.99. The summed E-state index contributed by atoms with van der Waals surface area (Å²) in [6.45, 7) is 0.972. The Morgan fingerprint density at radius 3 is 2.61 bits per heavy atom. The highest BCUT2D eigenvalue weighted by molar-refractivity contribution is 5.93. The van der Waals surface area contributed by atoms with Gasteiger partial charge in [-0.15, -0.1) is 0 Å². The van der Waals surface area contributed by atoms with E-state index in [2.05, 4.69) is 10.6 Å². The number of carbonyl (C=O) groups is 1. The van der Waals surface area contributed by atoms with Gasteiger partial charge in [-0.25, -0.2) is 0 Å². The van der Waals surface area contributed by atoms with Crippen LogP contribution in [-0.4, -0.2) is 19.2 Å². The molecule has 2 N–H and O–H groups in total. The van der Waals surface area contributed by atoms with E-state index in [4.69, 9.17) is 14.2 Å². The monoisotopic (exact) mass is 376 g/mol. The molecule has 6 nitrogen and oxygen atoms in total. The highest BCUT2D eigenvalue weighted by Crippen LogP contribution is 2.32. The molecule has 6 heteroatoms. The van der Waals surface area contributed by atoms with Crippen LogP contribution in [0, 0.1) is 0 Å². The molecule has 3 aromatic rings. The van der Waals surface area contributed by atoms with Gasteiger partial charge in [-0.2, -0.15) is 0 Å². The van der Waals surface area contributed by atoms with E-state index >= 15 is 0 Å². The molecule has 0 aliphatic carbocycles. The van der Waals surface area contributed by atoms with Gasteiger partial charge in [-0.05, 0) is 42.0 Å². The fourth-order valence-corrected chi connectivity index (χ4v) is 2.84. The van der Waals surface area contributed by atoms with Gasteiger partial charge in [0.15, 0.2) is 17.2 Å². The smallest absolute Gasteiger partial charge is 0.238 e. The maximum atomic E-state index is 12.3. The van der Waals surface area contributed by atoms with Crippen molar-refractivity contribution in [2.75, 3.05) is 18.7 Å².